The Morgan fingerprint density at radius 2 is 2.04 bits per heavy atom. The second-order valence-electron chi connectivity index (χ2n) is 6.53. The summed E-state index contributed by atoms with van der Waals surface area (Å²) in [7, 11) is 3.38. The highest BCUT2D eigenvalue weighted by atomic mass is 35.5. The summed E-state index contributed by atoms with van der Waals surface area (Å²) in [5.74, 6) is 1.71. The van der Waals surface area contributed by atoms with Crippen LogP contribution in [-0.2, 0) is 16.0 Å². The summed E-state index contributed by atoms with van der Waals surface area (Å²) >= 11 is 6.04. The third-order valence-corrected chi connectivity index (χ3v) is 4.81. The van der Waals surface area contributed by atoms with Crippen LogP contribution in [0.5, 0.6) is 5.75 Å². The van der Waals surface area contributed by atoms with E-state index in [-0.39, 0.29) is 0 Å². The van der Waals surface area contributed by atoms with Gasteiger partial charge >= 0.3 is 0 Å². The highest BCUT2D eigenvalue weighted by molar-refractivity contribution is 6.30. The molecule has 27 heavy (non-hydrogen) atoms. The number of likely N-dealkylation sites (tertiary alicyclic amines) is 1. The number of guanidine groups is 1. The molecule has 1 heterocycles. The fourth-order valence-corrected chi connectivity index (χ4v) is 3.28. The fraction of sp³-hybridized carbons (Fsp3) is 0.650. The number of halogens is 1. The van der Waals surface area contributed by atoms with Crippen LogP contribution in [0.15, 0.2) is 23.2 Å². The lowest BCUT2D eigenvalue weighted by Gasteiger charge is -2.34. The van der Waals surface area contributed by atoms with E-state index in [1.165, 1.54) is 0 Å². The zero-order chi connectivity index (χ0) is 19.5. The number of piperidine rings is 1. The second kappa shape index (κ2) is 12.1. The molecular formula is C20H32ClN3O3. The minimum atomic E-state index is 0.331. The Morgan fingerprint density at radius 1 is 1.26 bits per heavy atom. The Kier molecular flexibility index (Phi) is 9.73. The van der Waals surface area contributed by atoms with Gasteiger partial charge in [0.25, 0.3) is 0 Å². The average molecular weight is 398 g/mol. The molecule has 1 aromatic carbocycles. The molecule has 1 fully saturated rings. The lowest BCUT2D eigenvalue weighted by atomic mass is 10.1. The van der Waals surface area contributed by atoms with Crippen molar-refractivity contribution in [1.82, 2.24) is 10.2 Å². The molecule has 1 aromatic rings. The largest absolute Gasteiger partial charge is 0.496 e. The van der Waals surface area contributed by atoms with Gasteiger partial charge in [0.15, 0.2) is 5.96 Å². The zero-order valence-corrected chi connectivity index (χ0v) is 17.4. The van der Waals surface area contributed by atoms with Gasteiger partial charge in [-0.3, -0.25) is 0 Å². The minimum Gasteiger partial charge on any atom is -0.496 e. The molecule has 0 aliphatic carbocycles. The first-order valence-corrected chi connectivity index (χ1v) is 10.0. The maximum absolute atomic E-state index is 6.04. The van der Waals surface area contributed by atoms with Crippen molar-refractivity contribution < 1.29 is 14.2 Å². The van der Waals surface area contributed by atoms with E-state index in [4.69, 9.17) is 30.8 Å². The topological polar surface area (TPSA) is 55.3 Å². The van der Waals surface area contributed by atoms with Gasteiger partial charge in [-0.1, -0.05) is 17.7 Å². The quantitative estimate of drug-likeness (QED) is 0.393. The van der Waals surface area contributed by atoms with Crippen LogP contribution in [0.4, 0.5) is 0 Å². The molecule has 6 nitrogen and oxygen atoms in total. The number of aliphatic imine (C=N–C) groups is 1. The van der Waals surface area contributed by atoms with E-state index >= 15 is 0 Å². The second-order valence-corrected chi connectivity index (χ2v) is 6.97. The minimum absolute atomic E-state index is 0.331. The maximum Gasteiger partial charge on any atom is 0.194 e. The third-order valence-electron chi connectivity index (χ3n) is 4.57. The Hall–Kier alpha value is -1.50. The first-order valence-electron chi connectivity index (χ1n) is 9.64. The van der Waals surface area contributed by atoms with Crippen LogP contribution in [0.25, 0.3) is 0 Å². The van der Waals surface area contributed by atoms with Crippen molar-refractivity contribution in [2.24, 2.45) is 4.99 Å². The van der Waals surface area contributed by atoms with Crippen molar-refractivity contribution in [2.45, 2.75) is 38.8 Å². The molecule has 1 saturated heterocycles. The van der Waals surface area contributed by atoms with E-state index in [2.05, 4.69) is 17.1 Å². The van der Waals surface area contributed by atoms with E-state index in [1.54, 1.807) is 14.2 Å². The molecule has 0 bridgehead atoms. The summed E-state index contributed by atoms with van der Waals surface area (Å²) in [4.78, 5) is 7.11. The molecule has 1 N–H and O–H groups in total. The number of ether oxygens (including phenoxy) is 3. The fourth-order valence-electron chi connectivity index (χ4n) is 3.12. The van der Waals surface area contributed by atoms with Crippen LogP contribution in [0.1, 0.15) is 31.7 Å². The molecule has 1 aliphatic heterocycles. The predicted molar refractivity (Wildman–Crippen MR) is 110 cm³/mol. The molecule has 2 rings (SSSR count). The SMILES string of the molecule is CCNC(=NCc1ccc(Cl)cc1OC)N1CCC(OCCCOC)CC1. The van der Waals surface area contributed by atoms with Crippen molar-refractivity contribution in [3.8, 4) is 5.75 Å². The van der Waals surface area contributed by atoms with E-state index in [1.807, 2.05) is 18.2 Å². The highest BCUT2D eigenvalue weighted by Gasteiger charge is 2.21. The van der Waals surface area contributed by atoms with Gasteiger partial charge in [-0.05, 0) is 38.3 Å². The van der Waals surface area contributed by atoms with Gasteiger partial charge in [0.05, 0.1) is 19.8 Å². The van der Waals surface area contributed by atoms with Crippen molar-refractivity contribution in [3.05, 3.63) is 28.8 Å². The van der Waals surface area contributed by atoms with Crippen LogP contribution in [0.3, 0.4) is 0 Å². The molecule has 152 valence electrons. The number of hydrogen-bond donors (Lipinski definition) is 1. The summed E-state index contributed by atoms with van der Waals surface area (Å²) in [6.45, 7) is 6.88. The van der Waals surface area contributed by atoms with Crippen LogP contribution in [0, 0.1) is 0 Å². The number of hydrogen-bond acceptors (Lipinski definition) is 4. The van der Waals surface area contributed by atoms with Crippen LogP contribution in [0.2, 0.25) is 5.02 Å². The molecule has 0 atom stereocenters. The van der Waals surface area contributed by atoms with Gasteiger partial charge in [0.1, 0.15) is 5.75 Å². The Morgan fingerprint density at radius 3 is 2.70 bits per heavy atom. The Balaban J connectivity index is 1.90. The normalized spacial score (nSPS) is 15.9. The third kappa shape index (κ3) is 7.20. The summed E-state index contributed by atoms with van der Waals surface area (Å²) in [6.07, 6.45) is 3.31. The van der Waals surface area contributed by atoms with Gasteiger partial charge < -0.3 is 24.4 Å². The lowest BCUT2D eigenvalue weighted by Crippen LogP contribution is -2.47. The lowest BCUT2D eigenvalue weighted by molar-refractivity contribution is 0.00990. The number of benzene rings is 1. The number of nitrogens with one attached hydrogen (secondary N) is 1. The summed E-state index contributed by atoms with van der Waals surface area (Å²) < 4.78 is 16.4. The zero-order valence-electron chi connectivity index (χ0n) is 16.7. The highest BCUT2D eigenvalue weighted by Crippen LogP contribution is 2.24. The monoisotopic (exact) mass is 397 g/mol. The van der Waals surface area contributed by atoms with Crippen LogP contribution >= 0.6 is 11.6 Å². The summed E-state index contributed by atoms with van der Waals surface area (Å²) in [5.41, 5.74) is 1.02. The van der Waals surface area contributed by atoms with Gasteiger partial charge in [0.2, 0.25) is 0 Å². The molecule has 0 spiro atoms. The molecule has 0 unspecified atom stereocenters. The van der Waals surface area contributed by atoms with Crippen molar-refractivity contribution in [1.29, 1.82) is 0 Å². The average Bonchev–Trinajstić information content (AvgIpc) is 2.69. The van der Waals surface area contributed by atoms with Crippen LogP contribution in [-0.4, -0.2) is 64.0 Å². The summed E-state index contributed by atoms with van der Waals surface area (Å²) in [5, 5.41) is 4.06. The Labute approximate surface area is 167 Å². The van der Waals surface area contributed by atoms with Crippen molar-refractivity contribution in [3.63, 3.8) is 0 Å². The molecule has 0 aromatic heterocycles. The number of methoxy groups -OCH3 is 2. The molecule has 0 amide bonds. The smallest absolute Gasteiger partial charge is 0.194 e. The van der Waals surface area contributed by atoms with E-state index in [0.717, 1.165) is 69.4 Å². The summed E-state index contributed by atoms with van der Waals surface area (Å²) in [6, 6.07) is 5.66. The number of rotatable bonds is 9. The first kappa shape index (κ1) is 21.8. The Bertz CT molecular complexity index is 590. The van der Waals surface area contributed by atoms with Crippen LogP contribution < -0.4 is 10.1 Å². The first-order chi connectivity index (χ1) is 13.2. The standard InChI is InChI=1S/C20H32ClN3O3/c1-4-22-20(23-15-16-6-7-17(21)14-19(16)26-3)24-10-8-18(9-11-24)27-13-5-12-25-2/h6-7,14,18H,4-5,8-13,15H2,1-3H3,(H,22,23). The number of nitrogens with zero attached hydrogens (tertiary/aromatic N) is 2. The molecular weight excluding hydrogens is 366 g/mol. The molecule has 0 saturated carbocycles. The predicted octanol–water partition coefficient (Wildman–Crippen LogP) is 3.33. The van der Waals surface area contributed by atoms with Gasteiger partial charge in [-0.25, -0.2) is 4.99 Å². The maximum atomic E-state index is 6.04. The molecule has 1 aliphatic rings. The van der Waals surface area contributed by atoms with Crippen molar-refractivity contribution in [2.75, 3.05) is 47.1 Å². The van der Waals surface area contributed by atoms with Gasteiger partial charge in [-0.15, -0.1) is 0 Å². The molecule has 0 radical (unpaired) electrons. The van der Waals surface area contributed by atoms with Gasteiger partial charge in [-0.2, -0.15) is 0 Å². The van der Waals surface area contributed by atoms with E-state index in [0.29, 0.717) is 17.7 Å². The van der Waals surface area contributed by atoms with E-state index < -0.39 is 0 Å². The van der Waals surface area contributed by atoms with Gasteiger partial charge in [0, 0.05) is 50.5 Å². The molecule has 7 heteroatoms. The van der Waals surface area contributed by atoms with E-state index in [9.17, 15) is 0 Å². The van der Waals surface area contributed by atoms with Crippen molar-refractivity contribution >= 4 is 17.6 Å².